The summed E-state index contributed by atoms with van der Waals surface area (Å²) in [4.78, 5) is 6.96. The molecular formula is C15H15N3. The van der Waals surface area contributed by atoms with Crippen LogP contribution in [0, 0.1) is 18.3 Å². The minimum Gasteiger partial charge on any atom is -0.371 e. The van der Waals surface area contributed by atoms with Crippen molar-refractivity contribution in [1.29, 1.82) is 5.26 Å². The number of fused-ring (bicyclic) bond motifs is 1. The van der Waals surface area contributed by atoms with Crippen molar-refractivity contribution in [3.63, 3.8) is 0 Å². The SMILES string of the molecule is Cc1cc(N2CCCC2)c2ccc(C#N)cc2n1. The zero-order valence-electron chi connectivity index (χ0n) is 10.5. The Morgan fingerprint density at radius 3 is 2.72 bits per heavy atom. The van der Waals surface area contributed by atoms with Gasteiger partial charge in [-0.2, -0.15) is 5.26 Å². The summed E-state index contributed by atoms with van der Waals surface area (Å²) in [5.41, 5.74) is 3.88. The minimum atomic E-state index is 0.674. The molecule has 3 rings (SSSR count). The predicted molar refractivity (Wildman–Crippen MR) is 72.6 cm³/mol. The van der Waals surface area contributed by atoms with E-state index in [4.69, 9.17) is 5.26 Å². The molecule has 2 aromatic rings. The molecule has 3 nitrogen and oxygen atoms in total. The van der Waals surface area contributed by atoms with Crippen LogP contribution < -0.4 is 4.90 Å². The van der Waals surface area contributed by atoms with Crippen LogP contribution in [0.15, 0.2) is 24.3 Å². The Balaban J connectivity index is 2.21. The Labute approximate surface area is 107 Å². The van der Waals surface area contributed by atoms with E-state index in [1.54, 1.807) is 0 Å². The lowest BCUT2D eigenvalue weighted by Crippen LogP contribution is -2.18. The molecule has 1 aliphatic heterocycles. The first kappa shape index (κ1) is 11.0. The molecule has 1 fully saturated rings. The van der Waals surface area contributed by atoms with E-state index in [2.05, 4.69) is 22.0 Å². The zero-order chi connectivity index (χ0) is 12.5. The number of nitrogens with zero attached hydrogens (tertiary/aromatic N) is 3. The molecule has 1 saturated heterocycles. The molecule has 0 N–H and O–H groups in total. The van der Waals surface area contributed by atoms with Crippen molar-refractivity contribution in [2.24, 2.45) is 0 Å². The molecule has 1 aliphatic rings. The summed E-state index contributed by atoms with van der Waals surface area (Å²) < 4.78 is 0. The Morgan fingerprint density at radius 1 is 1.22 bits per heavy atom. The second-order valence-electron chi connectivity index (χ2n) is 4.82. The Morgan fingerprint density at radius 2 is 2.00 bits per heavy atom. The van der Waals surface area contributed by atoms with Crippen LogP contribution in [-0.2, 0) is 0 Å². The monoisotopic (exact) mass is 237 g/mol. The molecule has 0 saturated carbocycles. The van der Waals surface area contributed by atoms with Crippen molar-refractivity contribution in [2.75, 3.05) is 18.0 Å². The van der Waals surface area contributed by atoms with Gasteiger partial charge in [-0.25, -0.2) is 0 Å². The number of pyridine rings is 1. The summed E-state index contributed by atoms with van der Waals surface area (Å²) in [5.74, 6) is 0. The third-order valence-corrected chi connectivity index (χ3v) is 3.49. The summed E-state index contributed by atoms with van der Waals surface area (Å²) in [7, 11) is 0. The van der Waals surface area contributed by atoms with Gasteiger partial charge >= 0.3 is 0 Å². The Kier molecular flexibility index (Phi) is 2.64. The molecule has 18 heavy (non-hydrogen) atoms. The third-order valence-electron chi connectivity index (χ3n) is 3.49. The van der Waals surface area contributed by atoms with Crippen molar-refractivity contribution in [3.05, 3.63) is 35.5 Å². The number of anilines is 1. The Bertz CT molecular complexity index is 634. The Hall–Kier alpha value is -2.08. The second kappa shape index (κ2) is 4.30. The molecule has 0 bridgehead atoms. The van der Waals surface area contributed by atoms with Gasteiger partial charge in [0.15, 0.2) is 0 Å². The first-order valence-electron chi connectivity index (χ1n) is 6.34. The van der Waals surface area contributed by atoms with Crippen LogP contribution in [0.4, 0.5) is 5.69 Å². The summed E-state index contributed by atoms with van der Waals surface area (Å²) in [6, 6.07) is 10.1. The predicted octanol–water partition coefficient (Wildman–Crippen LogP) is 3.02. The van der Waals surface area contributed by atoms with Crippen LogP contribution in [0.3, 0.4) is 0 Å². The topological polar surface area (TPSA) is 39.9 Å². The van der Waals surface area contributed by atoms with Crippen LogP contribution in [0.5, 0.6) is 0 Å². The number of rotatable bonds is 1. The van der Waals surface area contributed by atoms with Gasteiger partial charge in [0.25, 0.3) is 0 Å². The van der Waals surface area contributed by atoms with Crippen LogP contribution in [0.1, 0.15) is 24.1 Å². The van der Waals surface area contributed by atoms with E-state index < -0.39 is 0 Å². The average molecular weight is 237 g/mol. The fourth-order valence-electron chi connectivity index (χ4n) is 2.63. The van der Waals surface area contributed by atoms with Crippen LogP contribution in [0.25, 0.3) is 10.9 Å². The highest BCUT2D eigenvalue weighted by atomic mass is 15.1. The van der Waals surface area contributed by atoms with E-state index in [1.807, 2.05) is 25.1 Å². The van der Waals surface area contributed by atoms with Crippen LogP contribution in [-0.4, -0.2) is 18.1 Å². The van der Waals surface area contributed by atoms with Gasteiger partial charge in [-0.15, -0.1) is 0 Å². The number of aromatic nitrogens is 1. The van der Waals surface area contributed by atoms with Crippen LogP contribution >= 0.6 is 0 Å². The standard InChI is InChI=1S/C15H15N3/c1-11-8-15(18-6-2-3-7-18)13-5-4-12(10-16)9-14(13)17-11/h4-5,8-9H,2-3,6-7H2,1H3. The molecule has 1 aromatic heterocycles. The van der Waals surface area contributed by atoms with Gasteiger partial charge in [0.1, 0.15) is 0 Å². The van der Waals surface area contributed by atoms with Crippen molar-refractivity contribution < 1.29 is 0 Å². The van der Waals surface area contributed by atoms with Gasteiger partial charge in [-0.3, -0.25) is 4.98 Å². The molecule has 1 aromatic carbocycles. The quantitative estimate of drug-likeness (QED) is 0.765. The largest absolute Gasteiger partial charge is 0.371 e. The summed E-state index contributed by atoms with van der Waals surface area (Å²) >= 11 is 0. The molecule has 0 radical (unpaired) electrons. The summed E-state index contributed by atoms with van der Waals surface area (Å²) in [5, 5.41) is 10.1. The highest BCUT2D eigenvalue weighted by Gasteiger charge is 2.16. The average Bonchev–Trinajstić information content (AvgIpc) is 2.90. The lowest BCUT2D eigenvalue weighted by atomic mass is 10.1. The fraction of sp³-hybridized carbons (Fsp3) is 0.333. The van der Waals surface area contributed by atoms with Crippen molar-refractivity contribution >= 4 is 16.6 Å². The minimum absolute atomic E-state index is 0.674. The molecule has 0 aliphatic carbocycles. The number of hydrogen-bond acceptors (Lipinski definition) is 3. The van der Waals surface area contributed by atoms with Crippen LogP contribution in [0.2, 0.25) is 0 Å². The molecule has 0 unspecified atom stereocenters. The van der Waals surface area contributed by atoms with Crippen molar-refractivity contribution in [3.8, 4) is 6.07 Å². The first-order chi connectivity index (χ1) is 8.78. The molecule has 3 heteroatoms. The number of benzene rings is 1. The molecule has 0 spiro atoms. The number of aryl methyl sites for hydroxylation is 1. The smallest absolute Gasteiger partial charge is 0.0992 e. The maximum atomic E-state index is 8.96. The van der Waals surface area contributed by atoms with E-state index >= 15 is 0 Å². The lowest BCUT2D eigenvalue weighted by molar-refractivity contribution is 0.949. The second-order valence-corrected chi connectivity index (χ2v) is 4.82. The van der Waals surface area contributed by atoms with E-state index in [9.17, 15) is 0 Å². The van der Waals surface area contributed by atoms with E-state index in [0.29, 0.717) is 5.56 Å². The van der Waals surface area contributed by atoms with Gasteiger partial charge < -0.3 is 4.90 Å². The maximum Gasteiger partial charge on any atom is 0.0992 e. The molecule has 2 heterocycles. The van der Waals surface area contributed by atoms with Gasteiger partial charge in [0.05, 0.1) is 17.1 Å². The van der Waals surface area contributed by atoms with Crippen molar-refractivity contribution in [1.82, 2.24) is 4.98 Å². The third kappa shape index (κ3) is 1.80. The summed E-state index contributed by atoms with van der Waals surface area (Å²) in [6.45, 7) is 4.26. The molecule has 90 valence electrons. The van der Waals surface area contributed by atoms with Gasteiger partial charge in [-0.05, 0) is 44.0 Å². The highest BCUT2D eigenvalue weighted by molar-refractivity contribution is 5.92. The van der Waals surface area contributed by atoms with Gasteiger partial charge in [0.2, 0.25) is 0 Å². The van der Waals surface area contributed by atoms with Gasteiger partial charge in [0, 0.05) is 29.9 Å². The zero-order valence-corrected chi connectivity index (χ0v) is 10.5. The molecular weight excluding hydrogens is 222 g/mol. The van der Waals surface area contributed by atoms with E-state index in [-0.39, 0.29) is 0 Å². The van der Waals surface area contributed by atoms with Crippen molar-refractivity contribution in [2.45, 2.75) is 19.8 Å². The highest BCUT2D eigenvalue weighted by Crippen LogP contribution is 2.29. The number of hydrogen-bond donors (Lipinski definition) is 0. The first-order valence-corrected chi connectivity index (χ1v) is 6.34. The number of nitriles is 1. The lowest BCUT2D eigenvalue weighted by Gasteiger charge is -2.20. The molecule has 0 amide bonds. The van der Waals surface area contributed by atoms with E-state index in [0.717, 1.165) is 29.7 Å². The van der Waals surface area contributed by atoms with E-state index in [1.165, 1.54) is 18.5 Å². The summed E-state index contributed by atoms with van der Waals surface area (Å²) in [6.07, 6.45) is 2.53. The normalized spacial score (nSPS) is 15.0. The van der Waals surface area contributed by atoms with Gasteiger partial charge in [-0.1, -0.05) is 0 Å². The molecule has 0 atom stereocenters. The maximum absolute atomic E-state index is 8.96. The fourth-order valence-corrected chi connectivity index (χ4v) is 2.63.